The molecule has 0 radical (unpaired) electrons. The van der Waals surface area contributed by atoms with Crippen LogP contribution in [0.4, 0.5) is 18.9 Å². The second kappa shape index (κ2) is 9.16. The van der Waals surface area contributed by atoms with Crippen molar-refractivity contribution in [3.8, 4) is 0 Å². The van der Waals surface area contributed by atoms with Crippen LogP contribution in [-0.2, 0) is 23.5 Å². The molecule has 0 aromatic carbocycles. The Morgan fingerprint density at radius 3 is 2.39 bits per heavy atom. The molecule has 0 N–H and O–H groups in total. The largest absolute Gasteiger partial charge is 0.523 e. The molecule has 3 atom stereocenters. The molecule has 0 saturated heterocycles. The van der Waals surface area contributed by atoms with Gasteiger partial charge in [0.2, 0.25) is 0 Å². The van der Waals surface area contributed by atoms with Gasteiger partial charge in [0.1, 0.15) is 24.2 Å². The van der Waals surface area contributed by atoms with Gasteiger partial charge in [-0.1, -0.05) is 27.4 Å². The number of nitrogens with zero attached hydrogens (tertiary/aromatic N) is 2. The van der Waals surface area contributed by atoms with Crippen LogP contribution < -0.4 is 0 Å². The third-order valence-electron chi connectivity index (χ3n) is 5.48. The van der Waals surface area contributed by atoms with Crippen LogP contribution in [-0.4, -0.2) is 50.5 Å². The van der Waals surface area contributed by atoms with Gasteiger partial charge in [0.15, 0.2) is 8.32 Å². The van der Waals surface area contributed by atoms with Gasteiger partial charge in [0.25, 0.3) is 5.69 Å². The summed E-state index contributed by atoms with van der Waals surface area (Å²) in [4.78, 5) is 14.4. The van der Waals surface area contributed by atoms with Crippen LogP contribution in [0.5, 0.6) is 0 Å². The second-order valence-corrected chi connectivity index (χ2v) is 15.1. The molecule has 0 fully saturated rings. The molecule has 0 saturated carbocycles. The van der Waals surface area contributed by atoms with Crippen molar-refractivity contribution >= 4 is 29.9 Å². The lowest BCUT2D eigenvalue weighted by molar-refractivity contribution is -0.385. The van der Waals surface area contributed by atoms with Crippen molar-refractivity contribution in [2.45, 2.75) is 62.7 Å². The Balaban J connectivity index is 2.65. The summed E-state index contributed by atoms with van der Waals surface area (Å²) in [5, 5.41) is 11.0. The van der Waals surface area contributed by atoms with Gasteiger partial charge in [-0.3, -0.25) is 19.3 Å². The Bertz CT molecular complexity index is 1050. The highest BCUT2D eigenvalue weighted by atomic mass is 32.2. The normalized spacial score (nSPS) is 22.3. The van der Waals surface area contributed by atoms with E-state index in [2.05, 4.69) is 15.7 Å². The lowest BCUT2D eigenvalue weighted by atomic mass is 10.0. The fraction of sp³-hybridized carbons (Fsp3) is 0.526. The Morgan fingerprint density at radius 1 is 1.30 bits per heavy atom. The molecule has 2 heterocycles. The van der Waals surface area contributed by atoms with Gasteiger partial charge >= 0.3 is 15.6 Å². The van der Waals surface area contributed by atoms with Crippen molar-refractivity contribution in [3.05, 3.63) is 52.9 Å². The second-order valence-electron chi connectivity index (χ2n) is 8.80. The van der Waals surface area contributed by atoms with E-state index >= 15 is 0 Å². The first kappa shape index (κ1) is 27.0. The fourth-order valence-electron chi connectivity index (χ4n) is 2.69. The lowest BCUT2D eigenvalue weighted by Crippen LogP contribution is -2.52. The van der Waals surface area contributed by atoms with Crippen molar-refractivity contribution in [2.75, 3.05) is 0 Å². The molecule has 0 aliphatic carbocycles. The summed E-state index contributed by atoms with van der Waals surface area (Å²) >= 11 is 0. The molecule has 0 unspecified atom stereocenters. The number of alkyl halides is 3. The molecule has 1 aromatic heterocycles. The van der Waals surface area contributed by atoms with Crippen molar-refractivity contribution < 1.29 is 39.9 Å². The predicted molar refractivity (Wildman–Crippen MR) is 116 cm³/mol. The average molecular weight is 511 g/mol. The molecular weight excluding hydrogens is 485 g/mol. The van der Waals surface area contributed by atoms with Gasteiger partial charge in [-0.2, -0.15) is 21.6 Å². The number of rotatable bonds is 7. The Kier molecular flexibility index (Phi) is 7.48. The van der Waals surface area contributed by atoms with Crippen molar-refractivity contribution in [1.29, 1.82) is 0 Å². The number of hydrogen-bond acceptors (Lipinski definition) is 8. The van der Waals surface area contributed by atoms with Gasteiger partial charge < -0.3 is 9.16 Å². The van der Waals surface area contributed by atoms with Crippen molar-refractivity contribution in [3.63, 3.8) is 0 Å². The zero-order valence-corrected chi connectivity index (χ0v) is 20.4. The van der Waals surface area contributed by atoms with Crippen LogP contribution in [0.1, 0.15) is 26.3 Å². The smallest absolute Gasteiger partial charge is 0.483 e. The molecule has 0 spiro atoms. The van der Waals surface area contributed by atoms with Gasteiger partial charge in [0, 0.05) is 6.20 Å². The summed E-state index contributed by atoms with van der Waals surface area (Å²) in [6.45, 7) is 12.7. The molecule has 1 aliphatic heterocycles. The summed E-state index contributed by atoms with van der Waals surface area (Å²) in [5.74, 6) is -0.0954. The van der Waals surface area contributed by atoms with Crippen LogP contribution in [0.2, 0.25) is 18.1 Å². The molecule has 1 aliphatic rings. The minimum Gasteiger partial charge on any atom is -0.483 e. The van der Waals surface area contributed by atoms with Crippen LogP contribution in [0.25, 0.3) is 5.76 Å². The Labute approximate surface area is 190 Å². The summed E-state index contributed by atoms with van der Waals surface area (Å²) in [5.41, 5.74) is -6.10. The van der Waals surface area contributed by atoms with Gasteiger partial charge in [-0.25, -0.2) is 0 Å². The summed E-state index contributed by atoms with van der Waals surface area (Å²) in [7, 11) is -8.71. The highest BCUT2D eigenvalue weighted by Crippen LogP contribution is 2.41. The van der Waals surface area contributed by atoms with E-state index in [1.54, 1.807) is 0 Å². The maximum absolute atomic E-state index is 13.0. The number of aromatic nitrogens is 1. The van der Waals surface area contributed by atoms with Crippen molar-refractivity contribution in [1.82, 2.24) is 4.98 Å². The number of hydrogen-bond donors (Lipinski definition) is 0. The molecule has 1 aromatic rings. The van der Waals surface area contributed by atoms with E-state index in [1.165, 1.54) is 18.3 Å². The molecule has 184 valence electrons. The molecule has 0 amide bonds. The standard InChI is InChI=1S/C19H25F3N2O7SSi/c1-7-14-17(30-32(27,28)19(20,21)22)16(31-33(5,6)18(2,3)4)10-15(29-14)12-8-9-23-11-13(12)24(25)26/h7-11,14,16-17H,1H2,2-6H3/t14-,16-,17-/m1/s1. The molecule has 33 heavy (non-hydrogen) atoms. The van der Waals surface area contributed by atoms with E-state index in [9.17, 15) is 31.7 Å². The van der Waals surface area contributed by atoms with E-state index in [0.29, 0.717) is 0 Å². The fourth-order valence-corrected chi connectivity index (χ4v) is 4.54. The Hall–Kier alpha value is -2.29. The van der Waals surface area contributed by atoms with Gasteiger partial charge in [0.05, 0.1) is 16.6 Å². The third kappa shape index (κ3) is 5.80. The summed E-state index contributed by atoms with van der Waals surface area (Å²) in [6.07, 6.45) is -0.0310. The zero-order valence-electron chi connectivity index (χ0n) is 18.6. The first-order chi connectivity index (χ1) is 14.9. The van der Waals surface area contributed by atoms with Crippen LogP contribution >= 0.6 is 0 Å². The van der Waals surface area contributed by atoms with E-state index in [4.69, 9.17) is 9.16 Å². The summed E-state index contributed by atoms with van der Waals surface area (Å²) < 4.78 is 79.0. The quantitative estimate of drug-likeness (QED) is 0.131. The van der Waals surface area contributed by atoms with Crippen LogP contribution in [0.3, 0.4) is 0 Å². The topological polar surface area (TPSA) is 118 Å². The minimum atomic E-state index is -6.01. The first-order valence-corrected chi connectivity index (χ1v) is 14.0. The minimum absolute atomic E-state index is 0.0113. The maximum atomic E-state index is 13.0. The molecule has 0 bridgehead atoms. The van der Waals surface area contributed by atoms with E-state index < -0.39 is 57.9 Å². The number of ether oxygens (including phenoxy) is 1. The molecule has 2 rings (SSSR count). The monoisotopic (exact) mass is 510 g/mol. The first-order valence-electron chi connectivity index (χ1n) is 9.68. The summed E-state index contributed by atoms with van der Waals surface area (Å²) in [6, 6.07) is 1.29. The number of pyridine rings is 1. The van der Waals surface area contributed by atoms with E-state index in [0.717, 1.165) is 12.3 Å². The number of halogens is 3. The van der Waals surface area contributed by atoms with Crippen molar-refractivity contribution in [2.24, 2.45) is 0 Å². The van der Waals surface area contributed by atoms with Crippen LogP contribution in [0, 0.1) is 10.1 Å². The predicted octanol–water partition coefficient (Wildman–Crippen LogP) is 4.54. The van der Waals surface area contributed by atoms with E-state index in [1.807, 2.05) is 33.9 Å². The number of nitro groups is 1. The third-order valence-corrected chi connectivity index (χ3v) is 11.0. The van der Waals surface area contributed by atoms with E-state index in [-0.39, 0.29) is 11.3 Å². The van der Waals surface area contributed by atoms with Gasteiger partial charge in [-0.05, 0) is 36.4 Å². The highest BCUT2D eigenvalue weighted by Gasteiger charge is 2.53. The molecule has 9 nitrogen and oxygen atoms in total. The maximum Gasteiger partial charge on any atom is 0.523 e. The average Bonchev–Trinajstić information content (AvgIpc) is 2.66. The van der Waals surface area contributed by atoms with Crippen LogP contribution in [0.15, 0.2) is 37.2 Å². The molecular formula is C19H25F3N2O7SSi. The zero-order chi connectivity index (χ0) is 25.4. The lowest BCUT2D eigenvalue weighted by Gasteiger charge is -2.43. The van der Waals surface area contributed by atoms with Gasteiger partial charge in [-0.15, -0.1) is 0 Å². The molecule has 14 heteroatoms. The SMILES string of the molecule is C=C[C@H]1OC(c2ccncc2[N+](=O)[O-])=C[C@@H](O[Si](C)(C)C(C)(C)C)[C@@H]1OS(=O)(=O)C(F)(F)F. The highest BCUT2D eigenvalue weighted by molar-refractivity contribution is 7.87. The Morgan fingerprint density at radius 2 is 1.91 bits per heavy atom.